The van der Waals surface area contributed by atoms with E-state index in [1.54, 1.807) is 0 Å². The number of halogens is 2. The quantitative estimate of drug-likeness (QED) is 0.668. The van der Waals surface area contributed by atoms with E-state index in [2.05, 4.69) is 10.3 Å². The van der Waals surface area contributed by atoms with Crippen molar-refractivity contribution in [3.8, 4) is 0 Å². The first-order valence-corrected chi connectivity index (χ1v) is 5.92. The number of benzene rings is 1. The zero-order valence-electron chi connectivity index (χ0n) is 10.3. The summed E-state index contributed by atoms with van der Waals surface area (Å²) in [7, 11) is 0. The van der Waals surface area contributed by atoms with Crippen LogP contribution in [-0.2, 0) is 0 Å². The molecule has 0 aliphatic rings. The van der Waals surface area contributed by atoms with Crippen molar-refractivity contribution in [3.63, 3.8) is 0 Å². The van der Waals surface area contributed by atoms with Crippen LogP contribution in [0.25, 0.3) is 0 Å². The van der Waals surface area contributed by atoms with Crippen LogP contribution >= 0.6 is 11.6 Å². The molecule has 1 aromatic heterocycles. The van der Waals surface area contributed by atoms with Crippen molar-refractivity contribution in [2.24, 2.45) is 0 Å². The van der Waals surface area contributed by atoms with E-state index in [0.717, 1.165) is 24.4 Å². The summed E-state index contributed by atoms with van der Waals surface area (Å²) in [6.45, 7) is 0. The zero-order valence-corrected chi connectivity index (χ0v) is 11.1. The van der Waals surface area contributed by atoms with Gasteiger partial charge < -0.3 is 11.1 Å². The maximum Gasteiger partial charge on any atom is 0.300 e. The summed E-state index contributed by atoms with van der Waals surface area (Å²) in [6, 6.07) is 4.42. The molecular weight excluding hydrogens is 303 g/mol. The van der Waals surface area contributed by atoms with Gasteiger partial charge in [-0.15, -0.1) is 0 Å². The Morgan fingerprint density at radius 2 is 2.14 bits per heavy atom. The van der Waals surface area contributed by atoms with Gasteiger partial charge in [-0.2, -0.15) is 0 Å². The summed E-state index contributed by atoms with van der Waals surface area (Å²) in [6.07, 6.45) is 0.872. The van der Waals surface area contributed by atoms with Crippen molar-refractivity contribution in [2.45, 2.75) is 0 Å². The molecule has 0 saturated carbocycles. The molecule has 0 aliphatic carbocycles. The highest BCUT2D eigenvalue weighted by molar-refractivity contribution is 6.34. The van der Waals surface area contributed by atoms with E-state index in [1.165, 1.54) is 6.07 Å². The van der Waals surface area contributed by atoms with Gasteiger partial charge in [-0.3, -0.25) is 14.9 Å². The molecule has 2 aromatic rings. The summed E-state index contributed by atoms with van der Waals surface area (Å²) in [5.41, 5.74) is 4.59. The van der Waals surface area contributed by atoms with Gasteiger partial charge in [0.1, 0.15) is 23.4 Å². The van der Waals surface area contributed by atoms with E-state index in [0.29, 0.717) is 0 Å². The van der Waals surface area contributed by atoms with Crippen LogP contribution in [0.15, 0.2) is 30.5 Å². The van der Waals surface area contributed by atoms with Gasteiger partial charge in [0.25, 0.3) is 11.6 Å². The lowest BCUT2D eigenvalue weighted by Gasteiger charge is -2.08. The number of rotatable bonds is 3. The van der Waals surface area contributed by atoms with Crippen molar-refractivity contribution >= 4 is 34.7 Å². The highest BCUT2D eigenvalue weighted by atomic mass is 35.5. The maximum atomic E-state index is 13.1. The molecule has 0 fully saturated rings. The van der Waals surface area contributed by atoms with Gasteiger partial charge in [-0.05, 0) is 24.3 Å². The number of pyridine rings is 1. The first-order valence-electron chi connectivity index (χ1n) is 5.55. The Morgan fingerprint density at radius 3 is 2.81 bits per heavy atom. The molecule has 0 atom stereocenters. The first-order chi connectivity index (χ1) is 9.88. The molecule has 21 heavy (non-hydrogen) atoms. The van der Waals surface area contributed by atoms with Crippen LogP contribution < -0.4 is 11.1 Å². The summed E-state index contributed by atoms with van der Waals surface area (Å²) in [5.74, 6) is -1.52. The lowest BCUT2D eigenvalue weighted by atomic mass is 10.2. The smallest absolute Gasteiger partial charge is 0.300 e. The number of hydrogen-bond acceptors (Lipinski definition) is 5. The van der Waals surface area contributed by atoms with Gasteiger partial charge in [-0.1, -0.05) is 11.6 Å². The second-order valence-electron chi connectivity index (χ2n) is 3.96. The molecule has 1 heterocycles. The number of nitrogens with two attached hydrogens (primary N) is 1. The molecule has 1 aromatic carbocycles. The third-order valence-electron chi connectivity index (χ3n) is 2.52. The number of nitrogens with zero attached hydrogens (tertiary/aromatic N) is 2. The molecule has 0 unspecified atom stereocenters. The van der Waals surface area contributed by atoms with E-state index in [-0.39, 0.29) is 22.1 Å². The third kappa shape index (κ3) is 3.23. The number of carbonyl (C=O) groups excluding carboxylic acids is 1. The second-order valence-corrected chi connectivity index (χ2v) is 4.37. The van der Waals surface area contributed by atoms with Crippen LogP contribution in [0.5, 0.6) is 0 Å². The van der Waals surface area contributed by atoms with Crippen LogP contribution in [0.2, 0.25) is 5.02 Å². The van der Waals surface area contributed by atoms with Crippen molar-refractivity contribution in [2.75, 3.05) is 11.1 Å². The number of nitrogen functional groups attached to an aromatic ring is 1. The molecule has 9 heteroatoms. The minimum atomic E-state index is -0.844. The predicted octanol–water partition coefficient (Wildman–Crippen LogP) is 2.62. The molecule has 0 aliphatic heterocycles. The molecule has 0 radical (unpaired) electrons. The topological polar surface area (TPSA) is 111 Å². The lowest BCUT2D eigenvalue weighted by molar-refractivity contribution is -0.385. The SMILES string of the molecule is Nc1cc(C(=O)Nc2cc(F)ccc2Cl)c([N+](=O)[O-])cn1. The van der Waals surface area contributed by atoms with Gasteiger partial charge in [-0.25, -0.2) is 9.37 Å². The number of anilines is 2. The highest BCUT2D eigenvalue weighted by Gasteiger charge is 2.22. The van der Waals surface area contributed by atoms with Crippen LogP contribution in [0, 0.1) is 15.9 Å². The van der Waals surface area contributed by atoms with E-state index in [9.17, 15) is 19.3 Å². The third-order valence-corrected chi connectivity index (χ3v) is 2.85. The van der Waals surface area contributed by atoms with Crippen molar-refractivity contribution < 1.29 is 14.1 Å². The summed E-state index contributed by atoms with van der Waals surface area (Å²) >= 11 is 5.81. The molecule has 2 rings (SSSR count). The fourth-order valence-corrected chi connectivity index (χ4v) is 1.74. The van der Waals surface area contributed by atoms with E-state index >= 15 is 0 Å². The highest BCUT2D eigenvalue weighted by Crippen LogP contribution is 2.25. The average Bonchev–Trinajstić information content (AvgIpc) is 2.42. The van der Waals surface area contributed by atoms with Gasteiger partial charge in [0.05, 0.1) is 15.6 Å². The van der Waals surface area contributed by atoms with Crippen LogP contribution in [-0.4, -0.2) is 15.8 Å². The average molecular weight is 311 g/mol. The maximum absolute atomic E-state index is 13.1. The Bertz CT molecular complexity index is 738. The monoisotopic (exact) mass is 310 g/mol. The summed E-state index contributed by atoms with van der Waals surface area (Å²) < 4.78 is 13.1. The Kier molecular flexibility index (Phi) is 3.99. The Morgan fingerprint density at radius 1 is 1.43 bits per heavy atom. The molecule has 3 N–H and O–H groups in total. The normalized spacial score (nSPS) is 10.2. The molecule has 0 spiro atoms. The van der Waals surface area contributed by atoms with Crippen LogP contribution in [0.3, 0.4) is 0 Å². The van der Waals surface area contributed by atoms with Gasteiger partial charge in [0, 0.05) is 0 Å². The predicted molar refractivity (Wildman–Crippen MR) is 74.7 cm³/mol. The molecule has 1 amide bonds. The number of carbonyl (C=O) groups is 1. The summed E-state index contributed by atoms with van der Waals surface area (Å²) in [4.78, 5) is 25.7. The standard InChI is InChI=1S/C12H8ClFN4O3/c13-8-2-1-6(14)3-9(8)17-12(19)7-4-11(15)16-5-10(7)18(20)21/h1-5H,(H2,15,16)(H,17,19). The number of aromatic nitrogens is 1. The fourth-order valence-electron chi connectivity index (χ4n) is 1.57. The summed E-state index contributed by atoms with van der Waals surface area (Å²) in [5, 5.41) is 13.3. The van der Waals surface area contributed by atoms with Crippen molar-refractivity contribution in [1.29, 1.82) is 0 Å². The molecular formula is C12H8ClFN4O3. The number of nitro groups is 1. The lowest BCUT2D eigenvalue weighted by Crippen LogP contribution is -2.15. The largest absolute Gasteiger partial charge is 0.384 e. The fraction of sp³-hybridized carbons (Fsp3) is 0. The number of nitrogens with one attached hydrogen (secondary N) is 1. The minimum Gasteiger partial charge on any atom is -0.384 e. The Hall–Kier alpha value is -2.74. The van der Waals surface area contributed by atoms with Crippen LogP contribution in [0.1, 0.15) is 10.4 Å². The van der Waals surface area contributed by atoms with Crippen molar-refractivity contribution in [3.05, 3.63) is 57.0 Å². The van der Waals surface area contributed by atoms with Gasteiger partial charge >= 0.3 is 0 Å². The first kappa shape index (κ1) is 14.7. The van der Waals surface area contributed by atoms with E-state index in [1.807, 2.05) is 0 Å². The van der Waals surface area contributed by atoms with E-state index in [4.69, 9.17) is 17.3 Å². The van der Waals surface area contributed by atoms with E-state index < -0.39 is 22.3 Å². The molecule has 0 bridgehead atoms. The minimum absolute atomic E-state index is 0.00801. The zero-order chi connectivity index (χ0) is 15.6. The van der Waals surface area contributed by atoms with Gasteiger partial charge in [0.2, 0.25) is 0 Å². The number of amides is 1. The second kappa shape index (κ2) is 5.71. The molecule has 108 valence electrons. The van der Waals surface area contributed by atoms with Crippen LogP contribution in [0.4, 0.5) is 21.6 Å². The molecule has 0 saturated heterocycles. The Balaban J connectivity index is 2.39. The van der Waals surface area contributed by atoms with Crippen molar-refractivity contribution in [1.82, 2.24) is 4.98 Å². The Labute approximate surface area is 122 Å². The van der Waals surface area contributed by atoms with Gasteiger partial charge in [0.15, 0.2) is 0 Å². The number of hydrogen-bond donors (Lipinski definition) is 2. The molecule has 7 nitrogen and oxygen atoms in total.